The van der Waals surface area contributed by atoms with Gasteiger partial charge in [-0.1, -0.05) is 97.9 Å². The van der Waals surface area contributed by atoms with Crippen LogP contribution >= 0.6 is 7.14 Å². The predicted octanol–water partition coefficient (Wildman–Crippen LogP) is 5.39. The maximum absolute atomic E-state index is 14.1. The van der Waals surface area contributed by atoms with Crippen LogP contribution in [0.25, 0.3) is 0 Å². The lowest BCUT2D eigenvalue weighted by atomic mass is 10.2. The van der Waals surface area contributed by atoms with E-state index in [9.17, 15) is 4.57 Å². The Morgan fingerprint density at radius 2 is 1.26 bits per heavy atom. The molecule has 3 rings (SSSR count). The molecule has 0 radical (unpaired) electrons. The standard InChI is InChI=1S/C24H27O2P/c1-2-22(26-20-21-12-6-3-7-13-21)18-19-27(25,23-14-8-4-9-15-23)24-16-10-5-11-17-24/h3-17,22H,2,18-20H2,1H3. The highest BCUT2D eigenvalue weighted by Gasteiger charge is 2.27. The number of hydrogen-bond acceptors (Lipinski definition) is 2. The first-order valence-electron chi connectivity index (χ1n) is 9.58. The van der Waals surface area contributed by atoms with Crippen LogP contribution in [-0.2, 0) is 15.9 Å². The van der Waals surface area contributed by atoms with Crippen molar-refractivity contribution in [2.45, 2.75) is 32.5 Å². The molecule has 0 N–H and O–H groups in total. The summed E-state index contributed by atoms with van der Waals surface area (Å²) in [6, 6.07) is 30.0. The summed E-state index contributed by atoms with van der Waals surface area (Å²) in [7, 11) is -2.67. The summed E-state index contributed by atoms with van der Waals surface area (Å²) in [5.41, 5.74) is 1.17. The first kappa shape index (κ1) is 19.6. The Morgan fingerprint density at radius 1 is 0.778 bits per heavy atom. The van der Waals surface area contributed by atoms with Crippen molar-refractivity contribution in [3.63, 3.8) is 0 Å². The van der Waals surface area contributed by atoms with Crippen LogP contribution in [0.1, 0.15) is 25.3 Å². The fourth-order valence-corrected chi connectivity index (χ4v) is 6.04. The molecule has 2 nitrogen and oxygen atoms in total. The van der Waals surface area contributed by atoms with Gasteiger partial charge in [0.1, 0.15) is 7.14 Å². The molecular formula is C24H27O2P. The van der Waals surface area contributed by atoms with Crippen molar-refractivity contribution in [3.05, 3.63) is 96.6 Å². The largest absolute Gasteiger partial charge is 0.374 e. The minimum Gasteiger partial charge on any atom is -0.374 e. The average molecular weight is 378 g/mol. The number of ether oxygens (including phenoxy) is 1. The van der Waals surface area contributed by atoms with Gasteiger partial charge in [0.2, 0.25) is 0 Å². The molecule has 3 aromatic carbocycles. The van der Waals surface area contributed by atoms with Gasteiger partial charge in [0, 0.05) is 16.8 Å². The highest BCUT2D eigenvalue weighted by molar-refractivity contribution is 7.78. The molecule has 3 aromatic rings. The summed E-state index contributed by atoms with van der Waals surface area (Å²) < 4.78 is 20.2. The third-order valence-electron chi connectivity index (χ3n) is 4.90. The topological polar surface area (TPSA) is 26.3 Å². The Labute approximate surface area is 162 Å². The Bertz CT molecular complexity index is 804. The highest BCUT2D eigenvalue weighted by atomic mass is 31.2. The minimum atomic E-state index is -2.67. The Balaban J connectivity index is 1.73. The van der Waals surface area contributed by atoms with Gasteiger partial charge in [-0.25, -0.2) is 0 Å². The fourth-order valence-electron chi connectivity index (χ4n) is 3.26. The first-order valence-corrected chi connectivity index (χ1v) is 11.5. The van der Waals surface area contributed by atoms with Crippen molar-refractivity contribution in [2.24, 2.45) is 0 Å². The molecule has 3 heteroatoms. The molecule has 27 heavy (non-hydrogen) atoms. The molecule has 0 heterocycles. The predicted molar refractivity (Wildman–Crippen MR) is 115 cm³/mol. The molecule has 1 atom stereocenters. The van der Waals surface area contributed by atoms with Gasteiger partial charge in [-0.05, 0) is 18.4 Å². The maximum atomic E-state index is 14.1. The molecule has 0 aromatic heterocycles. The first-order chi connectivity index (χ1) is 13.2. The summed E-state index contributed by atoms with van der Waals surface area (Å²) in [5.74, 6) is 0. The smallest absolute Gasteiger partial charge is 0.143 e. The number of hydrogen-bond donors (Lipinski definition) is 0. The Kier molecular flexibility index (Phi) is 7.04. The van der Waals surface area contributed by atoms with Gasteiger partial charge in [-0.3, -0.25) is 0 Å². The van der Waals surface area contributed by atoms with Gasteiger partial charge in [0.15, 0.2) is 0 Å². The molecule has 0 spiro atoms. The molecule has 1 unspecified atom stereocenters. The molecule has 140 valence electrons. The van der Waals surface area contributed by atoms with Crippen molar-refractivity contribution >= 4 is 17.8 Å². The van der Waals surface area contributed by atoms with Gasteiger partial charge < -0.3 is 9.30 Å². The Morgan fingerprint density at radius 3 is 1.74 bits per heavy atom. The van der Waals surface area contributed by atoms with E-state index >= 15 is 0 Å². The van der Waals surface area contributed by atoms with Crippen LogP contribution in [0.15, 0.2) is 91.0 Å². The zero-order chi connectivity index (χ0) is 19.0. The summed E-state index contributed by atoms with van der Waals surface area (Å²) in [4.78, 5) is 0. The van der Waals surface area contributed by atoms with Crippen molar-refractivity contribution < 1.29 is 9.30 Å². The average Bonchev–Trinajstić information content (AvgIpc) is 2.75. The van der Waals surface area contributed by atoms with E-state index < -0.39 is 7.14 Å². The van der Waals surface area contributed by atoms with E-state index in [2.05, 4.69) is 19.1 Å². The van der Waals surface area contributed by atoms with Crippen LogP contribution in [0.5, 0.6) is 0 Å². The van der Waals surface area contributed by atoms with Crippen molar-refractivity contribution in [3.8, 4) is 0 Å². The second-order valence-corrected chi connectivity index (χ2v) is 9.71. The lowest BCUT2D eigenvalue weighted by molar-refractivity contribution is 0.0363. The van der Waals surface area contributed by atoms with Crippen LogP contribution < -0.4 is 10.6 Å². The summed E-state index contributed by atoms with van der Waals surface area (Å²) in [5, 5.41) is 1.85. The zero-order valence-corrected chi connectivity index (χ0v) is 16.7. The van der Waals surface area contributed by atoms with E-state index in [1.165, 1.54) is 5.56 Å². The monoisotopic (exact) mass is 378 g/mol. The summed E-state index contributed by atoms with van der Waals surface area (Å²) in [6.07, 6.45) is 2.42. The number of rotatable bonds is 9. The highest BCUT2D eigenvalue weighted by Crippen LogP contribution is 2.44. The van der Waals surface area contributed by atoms with E-state index in [1.807, 2.05) is 78.9 Å². The van der Waals surface area contributed by atoms with Crippen LogP contribution in [0.3, 0.4) is 0 Å². The molecule has 0 aliphatic carbocycles. The molecule has 0 saturated heterocycles. The van der Waals surface area contributed by atoms with E-state index in [1.54, 1.807) is 0 Å². The quantitative estimate of drug-likeness (QED) is 0.467. The molecule has 0 aliphatic rings. The third kappa shape index (κ3) is 5.19. The fraction of sp³-hybridized carbons (Fsp3) is 0.250. The second-order valence-electron chi connectivity index (χ2n) is 6.75. The van der Waals surface area contributed by atoms with Gasteiger partial charge in [0.05, 0.1) is 12.7 Å². The van der Waals surface area contributed by atoms with Crippen molar-refractivity contribution in [1.29, 1.82) is 0 Å². The summed E-state index contributed by atoms with van der Waals surface area (Å²) in [6.45, 7) is 2.73. The van der Waals surface area contributed by atoms with E-state index in [0.29, 0.717) is 12.8 Å². The van der Waals surface area contributed by atoms with Crippen LogP contribution in [0, 0.1) is 0 Å². The zero-order valence-electron chi connectivity index (χ0n) is 15.8. The van der Waals surface area contributed by atoms with E-state index in [-0.39, 0.29) is 6.10 Å². The van der Waals surface area contributed by atoms with E-state index in [0.717, 1.165) is 23.5 Å². The maximum Gasteiger partial charge on any atom is 0.143 e. The van der Waals surface area contributed by atoms with Crippen molar-refractivity contribution in [2.75, 3.05) is 6.16 Å². The molecule has 0 bridgehead atoms. The van der Waals surface area contributed by atoms with Crippen LogP contribution in [0.4, 0.5) is 0 Å². The van der Waals surface area contributed by atoms with Gasteiger partial charge in [-0.2, -0.15) is 0 Å². The molecule has 0 fully saturated rings. The van der Waals surface area contributed by atoms with E-state index in [4.69, 9.17) is 4.74 Å². The van der Waals surface area contributed by atoms with Gasteiger partial charge in [-0.15, -0.1) is 0 Å². The van der Waals surface area contributed by atoms with Crippen LogP contribution in [0.2, 0.25) is 0 Å². The SMILES string of the molecule is CCC(CCP(=O)(c1ccccc1)c1ccccc1)OCc1ccccc1. The second kappa shape index (κ2) is 9.69. The van der Waals surface area contributed by atoms with Crippen molar-refractivity contribution in [1.82, 2.24) is 0 Å². The van der Waals surface area contributed by atoms with Gasteiger partial charge >= 0.3 is 0 Å². The lowest BCUT2D eigenvalue weighted by Crippen LogP contribution is -2.22. The normalized spacial score (nSPS) is 12.6. The van der Waals surface area contributed by atoms with Gasteiger partial charge in [0.25, 0.3) is 0 Å². The third-order valence-corrected chi connectivity index (χ3v) is 8.05. The Hall–Kier alpha value is -2.15. The van der Waals surface area contributed by atoms with Crippen LogP contribution in [-0.4, -0.2) is 12.3 Å². The molecular weight excluding hydrogens is 351 g/mol. The number of benzene rings is 3. The molecule has 0 aliphatic heterocycles. The lowest BCUT2D eigenvalue weighted by Gasteiger charge is -2.23. The molecule has 0 amide bonds. The molecule has 0 saturated carbocycles. The minimum absolute atomic E-state index is 0.103. The summed E-state index contributed by atoms with van der Waals surface area (Å²) >= 11 is 0.